The molecule has 0 radical (unpaired) electrons. The molecular weight excluding hydrogens is 464 g/mol. The van der Waals surface area contributed by atoms with Crippen LogP contribution >= 0.6 is 0 Å². The summed E-state index contributed by atoms with van der Waals surface area (Å²) in [7, 11) is 0. The summed E-state index contributed by atoms with van der Waals surface area (Å²) in [4.78, 5) is 12.6. The van der Waals surface area contributed by atoms with Crippen LogP contribution in [0.3, 0.4) is 0 Å². The predicted molar refractivity (Wildman–Crippen MR) is 161 cm³/mol. The van der Waals surface area contributed by atoms with Crippen molar-refractivity contribution in [3.05, 3.63) is 11.6 Å². The first-order valence-electron chi connectivity index (χ1n) is 17.1. The maximum absolute atomic E-state index is 12.6. The maximum atomic E-state index is 12.6. The van der Waals surface area contributed by atoms with Crippen LogP contribution in [0.25, 0.3) is 0 Å². The minimum atomic E-state index is 0.0522. The summed E-state index contributed by atoms with van der Waals surface area (Å²) in [5.74, 6) is 5.34. The van der Waals surface area contributed by atoms with Gasteiger partial charge in [0.25, 0.3) is 0 Å². The van der Waals surface area contributed by atoms with E-state index < -0.39 is 0 Å². The fourth-order valence-electron chi connectivity index (χ4n) is 10.0. The minimum Gasteiger partial charge on any atom is -0.462 e. The Labute approximate surface area is 236 Å². The average molecular weight is 527 g/mol. The van der Waals surface area contributed by atoms with Gasteiger partial charge in [0.15, 0.2) is 0 Å². The van der Waals surface area contributed by atoms with E-state index >= 15 is 0 Å². The molecule has 0 aliphatic heterocycles. The number of hydrogen-bond acceptors (Lipinski definition) is 2. The summed E-state index contributed by atoms with van der Waals surface area (Å²) in [6, 6.07) is 0. The lowest BCUT2D eigenvalue weighted by Crippen LogP contribution is -2.51. The van der Waals surface area contributed by atoms with Gasteiger partial charge in [0.2, 0.25) is 0 Å². The van der Waals surface area contributed by atoms with Crippen molar-refractivity contribution in [3.8, 4) is 0 Å². The number of carbonyl (C=O) groups is 1. The lowest BCUT2D eigenvalue weighted by Gasteiger charge is -2.58. The standard InChI is InChI=1S/C36H62O2/c1-7-8-9-10-11-12-16-34(37)38-29-21-23-35(5)28(25-29)17-18-30-32-20-19-31(27(4)15-13-14-26(2)3)36(32,6)24-22-33(30)35/h17,26-27,29-33H,7-16,18-25H2,1-6H3/t27-,29+,30?,31?,32?,33?,35+,36-/m1/s1. The fourth-order valence-corrected chi connectivity index (χ4v) is 10.0. The number of rotatable bonds is 13. The molecule has 3 fully saturated rings. The Morgan fingerprint density at radius 3 is 2.45 bits per heavy atom. The Morgan fingerprint density at radius 2 is 1.68 bits per heavy atom. The van der Waals surface area contributed by atoms with E-state index in [-0.39, 0.29) is 12.1 Å². The Hall–Kier alpha value is -0.790. The molecule has 4 aliphatic carbocycles. The summed E-state index contributed by atoms with van der Waals surface area (Å²) in [5.41, 5.74) is 2.54. The van der Waals surface area contributed by atoms with E-state index in [1.807, 2.05) is 0 Å². The zero-order chi connectivity index (χ0) is 27.3. The summed E-state index contributed by atoms with van der Waals surface area (Å²) >= 11 is 0. The van der Waals surface area contributed by atoms with Crippen LogP contribution in [-0.2, 0) is 9.53 Å². The predicted octanol–water partition coefficient (Wildman–Crippen LogP) is 10.7. The molecule has 4 unspecified atom stereocenters. The summed E-state index contributed by atoms with van der Waals surface area (Å²) < 4.78 is 6.04. The lowest BCUT2D eigenvalue weighted by molar-refractivity contribution is -0.151. The van der Waals surface area contributed by atoms with Gasteiger partial charge in [0.05, 0.1) is 0 Å². The molecule has 2 heteroatoms. The van der Waals surface area contributed by atoms with Gasteiger partial charge < -0.3 is 4.74 Å². The summed E-state index contributed by atoms with van der Waals surface area (Å²) in [5, 5.41) is 0. The van der Waals surface area contributed by atoms with Crippen LogP contribution in [0.5, 0.6) is 0 Å². The molecule has 8 atom stereocenters. The molecule has 0 amide bonds. The van der Waals surface area contributed by atoms with E-state index in [0.29, 0.717) is 17.3 Å². The second-order valence-electron chi connectivity index (χ2n) is 15.2. The van der Waals surface area contributed by atoms with Gasteiger partial charge in [-0.25, -0.2) is 0 Å². The molecule has 0 aromatic carbocycles. The van der Waals surface area contributed by atoms with E-state index in [9.17, 15) is 4.79 Å². The highest BCUT2D eigenvalue weighted by Gasteiger charge is 2.59. The zero-order valence-corrected chi connectivity index (χ0v) is 26.2. The van der Waals surface area contributed by atoms with Gasteiger partial charge in [-0.1, -0.05) is 105 Å². The SMILES string of the molecule is CCCCCCCCC(=O)O[C@H]1CC[C@@]2(C)C(=CCC3C4CCC([C@H](C)CCCC(C)C)[C@@]4(C)CCC32)C1. The number of fused-ring (bicyclic) bond motifs is 5. The Morgan fingerprint density at radius 1 is 0.921 bits per heavy atom. The molecule has 0 N–H and O–H groups in total. The quantitative estimate of drug-likeness (QED) is 0.135. The molecule has 4 rings (SSSR count). The van der Waals surface area contributed by atoms with Gasteiger partial charge in [-0.2, -0.15) is 0 Å². The monoisotopic (exact) mass is 526 g/mol. The molecule has 0 saturated heterocycles. The van der Waals surface area contributed by atoms with Crippen molar-refractivity contribution in [2.75, 3.05) is 0 Å². The Bertz CT molecular complexity index is 797. The Balaban J connectivity index is 1.31. The molecule has 0 spiro atoms. The van der Waals surface area contributed by atoms with Crippen molar-refractivity contribution in [1.82, 2.24) is 0 Å². The van der Waals surface area contributed by atoms with Gasteiger partial charge in [-0.05, 0) is 97.7 Å². The molecule has 0 aromatic heterocycles. The van der Waals surface area contributed by atoms with Crippen molar-refractivity contribution >= 4 is 5.97 Å². The second kappa shape index (κ2) is 13.2. The Kier molecular flexibility index (Phi) is 10.5. The first-order chi connectivity index (χ1) is 18.2. The van der Waals surface area contributed by atoms with Crippen LogP contribution < -0.4 is 0 Å². The van der Waals surface area contributed by atoms with Crippen molar-refractivity contribution in [1.29, 1.82) is 0 Å². The molecule has 4 aliphatic rings. The second-order valence-corrected chi connectivity index (χ2v) is 15.2. The molecule has 2 nitrogen and oxygen atoms in total. The molecule has 3 saturated carbocycles. The highest BCUT2D eigenvalue weighted by Crippen LogP contribution is 2.67. The van der Waals surface area contributed by atoms with Crippen molar-refractivity contribution < 1.29 is 9.53 Å². The van der Waals surface area contributed by atoms with Crippen LogP contribution in [-0.4, -0.2) is 12.1 Å². The number of hydrogen-bond donors (Lipinski definition) is 0. The van der Waals surface area contributed by atoms with Gasteiger partial charge >= 0.3 is 5.97 Å². The topological polar surface area (TPSA) is 26.3 Å². The third kappa shape index (κ3) is 6.57. The van der Waals surface area contributed by atoms with Crippen LogP contribution in [0.2, 0.25) is 0 Å². The van der Waals surface area contributed by atoms with Gasteiger partial charge in [0.1, 0.15) is 6.10 Å². The average Bonchev–Trinajstić information content (AvgIpc) is 3.23. The highest BCUT2D eigenvalue weighted by atomic mass is 16.5. The number of allylic oxidation sites excluding steroid dienone is 1. The maximum Gasteiger partial charge on any atom is 0.306 e. The fraction of sp³-hybridized carbons (Fsp3) is 0.917. The van der Waals surface area contributed by atoms with Crippen LogP contribution in [0.1, 0.15) is 157 Å². The van der Waals surface area contributed by atoms with E-state index in [4.69, 9.17) is 4.74 Å². The van der Waals surface area contributed by atoms with Gasteiger partial charge in [-0.3, -0.25) is 4.79 Å². The number of ether oxygens (including phenoxy) is 1. The number of carbonyl (C=O) groups excluding carboxylic acids is 1. The molecule has 0 bridgehead atoms. The van der Waals surface area contributed by atoms with E-state index in [0.717, 1.165) is 54.8 Å². The van der Waals surface area contributed by atoms with E-state index in [2.05, 4.69) is 47.6 Å². The molecule has 38 heavy (non-hydrogen) atoms. The zero-order valence-electron chi connectivity index (χ0n) is 26.2. The third-order valence-electron chi connectivity index (χ3n) is 12.3. The lowest BCUT2D eigenvalue weighted by atomic mass is 9.47. The smallest absolute Gasteiger partial charge is 0.306 e. The molecule has 218 valence electrons. The molecular formula is C36H62O2. The van der Waals surface area contributed by atoms with Crippen LogP contribution in [0.15, 0.2) is 11.6 Å². The van der Waals surface area contributed by atoms with Crippen molar-refractivity contribution in [3.63, 3.8) is 0 Å². The largest absolute Gasteiger partial charge is 0.462 e. The van der Waals surface area contributed by atoms with Gasteiger partial charge in [0, 0.05) is 12.8 Å². The summed E-state index contributed by atoms with van der Waals surface area (Å²) in [6.45, 7) is 14.9. The summed E-state index contributed by atoms with van der Waals surface area (Å²) in [6.07, 6.45) is 25.3. The third-order valence-corrected chi connectivity index (χ3v) is 12.3. The van der Waals surface area contributed by atoms with Crippen LogP contribution in [0, 0.1) is 46.3 Å². The minimum absolute atomic E-state index is 0.0522. The van der Waals surface area contributed by atoms with E-state index in [1.165, 1.54) is 89.9 Å². The first-order valence-corrected chi connectivity index (χ1v) is 17.1. The molecule has 0 aromatic rings. The number of esters is 1. The first kappa shape index (κ1) is 30.2. The molecule has 0 heterocycles. The van der Waals surface area contributed by atoms with Gasteiger partial charge in [-0.15, -0.1) is 0 Å². The number of unbranched alkanes of at least 4 members (excludes halogenated alkanes) is 5. The van der Waals surface area contributed by atoms with E-state index in [1.54, 1.807) is 5.57 Å². The van der Waals surface area contributed by atoms with Crippen molar-refractivity contribution in [2.45, 2.75) is 163 Å². The van der Waals surface area contributed by atoms with Crippen LogP contribution in [0.4, 0.5) is 0 Å². The highest BCUT2D eigenvalue weighted by molar-refractivity contribution is 5.69. The normalized spacial score (nSPS) is 37.2. The van der Waals surface area contributed by atoms with Crippen molar-refractivity contribution in [2.24, 2.45) is 46.3 Å².